The first-order chi connectivity index (χ1) is 14.7. The second kappa shape index (κ2) is 7.48. The molecule has 6 nitrogen and oxygen atoms in total. The van der Waals surface area contributed by atoms with Gasteiger partial charge < -0.3 is 14.3 Å². The molecule has 5 rings (SSSR count). The van der Waals surface area contributed by atoms with Gasteiger partial charge in [-0.3, -0.25) is 0 Å². The van der Waals surface area contributed by atoms with Crippen molar-refractivity contribution in [2.75, 3.05) is 5.32 Å². The summed E-state index contributed by atoms with van der Waals surface area (Å²) in [6.45, 7) is 4.49. The summed E-state index contributed by atoms with van der Waals surface area (Å²) in [5, 5.41) is 8.61. The van der Waals surface area contributed by atoms with E-state index in [0.29, 0.717) is 24.1 Å². The van der Waals surface area contributed by atoms with Crippen molar-refractivity contribution in [2.24, 2.45) is 0 Å². The number of hydrogen-bond acceptors (Lipinski definition) is 6. The van der Waals surface area contributed by atoms with Gasteiger partial charge in [0.25, 0.3) is 5.89 Å². The van der Waals surface area contributed by atoms with E-state index < -0.39 is 0 Å². The Morgan fingerprint density at radius 3 is 2.57 bits per heavy atom. The van der Waals surface area contributed by atoms with Crippen LogP contribution >= 0.6 is 0 Å². The van der Waals surface area contributed by atoms with Crippen molar-refractivity contribution in [2.45, 2.75) is 20.4 Å². The first kappa shape index (κ1) is 18.1. The highest BCUT2D eigenvalue weighted by atomic mass is 16.5. The Balaban J connectivity index is 1.57. The normalized spacial score (nSPS) is 11.1. The predicted octanol–water partition coefficient (Wildman–Crippen LogP) is 5.77. The topological polar surface area (TPSA) is 77.0 Å². The van der Waals surface area contributed by atoms with Crippen LogP contribution in [0, 0.1) is 13.8 Å². The average Bonchev–Trinajstić information content (AvgIpc) is 3.41. The summed E-state index contributed by atoms with van der Waals surface area (Å²) >= 11 is 0. The molecule has 0 unspecified atom stereocenters. The van der Waals surface area contributed by atoms with Gasteiger partial charge in [-0.25, -0.2) is 4.98 Å². The number of aromatic nitrogens is 3. The highest BCUT2D eigenvalue weighted by Gasteiger charge is 2.17. The van der Waals surface area contributed by atoms with E-state index in [-0.39, 0.29) is 0 Å². The number of fused-ring (bicyclic) bond motifs is 1. The Hall–Kier alpha value is -3.93. The minimum absolute atomic E-state index is 0.474. The van der Waals surface area contributed by atoms with Gasteiger partial charge in [-0.2, -0.15) is 4.98 Å². The average molecular weight is 396 g/mol. The van der Waals surface area contributed by atoms with Crippen LogP contribution in [-0.4, -0.2) is 15.1 Å². The molecule has 3 aromatic heterocycles. The molecule has 30 heavy (non-hydrogen) atoms. The summed E-state index contributed by atoms with van der Waals surface area (Å²) in [4.78, 5) is 9.46. The molecule has 2 aromatic carbocycles. The summed E-state index contributed by atoms with van der Waals surface area (Å²) < 4.78 is 11.2. The standard InChI is InChI=1S/C24H20N4O2/c1-15-8-10-18-13-20(23-27-24(30-28-23)17-6-4-3-5-7-17)22(26-21(18)12-15)25-14-19-11-9-16(2)29-19/h3-13H,14H2,1-2H3,(H,25,26). The molecule has 0 aliphatic rings. The van der Waals surface area contributed by atoms with Crippen LogP contribution in [0.25, 0.3) is 33.7 Å². The Kier molecular flexibility index (Phi) is 4.52. The van der Waals surface area contributed by atoms with Gasteiger partial charge in [0.2, 0.25) is 5.82 Å². The second-order valence-electron chi connectivity index (χ2n) is 7.24. The zero-order valence-electron chi connectivity index (χ0n) is 16.7. The highest BCUT2D eigenvalue weighted by Crippen LogP contribution is 2.31. The van der Waals surface area contributed by atoms with Crippen LogP contribution in [0.5, 0.6) is 0 Å². The number of hydrogen-bond donors (Lipinski definition) is 1. The van der Waals surface area contributed by atoms with Crippen molar-refractivity contribution in [1.29, 1.82) is 0 Å². The van der Waals surface area contributed by atoms with Gasteiger partial charge in [0.15, 0.2) is 0 Å². The minimum atomic E-state index is 0.474. The zero-order valence-corrected chi connectivity index (χ0v) is 16.7. The number of anilines is 1. The van der Waals surface area contributed by atoms with E-state index in [0.717, 1.165) is 39.1 Å². The summed E-state index contributed by atoms with van der Waals surface area (Å²) in [6.07, 6.45) is 0. The Bertz CT molecular complexity index is 1320. The van der Waals surface area contributed by atoms with E-state index in [1.165, 1.54) is 0 Å². The molecule has 0 spiro atoms. The lowest BCUT2D eigenvalue weighted by molar-refractivity contribution is 0.432. The van der Waals surface area contributed by atoms with Crippen LogP contribution in [0.3, 0.4) is 0 Å². The van der Waals surface area contributed by atoms with Crippen molar-refractivity contribution in [3.63, 3.8) is 0 Å². The molecule has 0 atom stereocenters. The third-order valence-corrected chi connectivity index (χ3v) is 4.89. The quantitative estimate of drug-likeness (QED) is 0.406. The summed E-state index contributed by atoms with van der Waals surface area (Å²) in [6, 6.07) is 21.8. The van der Waals surface area contributed by atoms with Crippen LogP contribution in [0.15, 0.2) is 75.7 Å². The van der Waals surface area contributed by atoms with E-state index in [4.69, 9.17) is 13.9 Å². The summed E-state index contributed by atoms with van der Waals surface area (Å²) in [5.41, 5.74) is 3.71. The molecule has 0 saturated heterocycles. The van der Waals surface area contributed by atoms with Crippen molar-refractivity contribution < 1.29 is 8.94 Å². The number of nitrogens with zero attached hydrogens (tertiary/aromatic N) is 3. The Labute approximate surface area is 173 Å². The van der Waals surface area contributed by atoms with Crippen molar-refractivity contribution in [3.05, 3.63) is 83.8 Å². The number of benzene rings is 2. The smallest absolute Gasteiger partial charge is 0.258 e. The highest BCUT2D eigenvalue weighted by molar-refractivity contribution is 5.88. The zero-order chi connectivity index (χ0) is 20.5. The van der Waals surface area contributed by atoms with Crippen LogP contribution in [0.1, 0.15) is 17.1 Å². The number of pyridine rings is 1. The fourth-order valence-electron chi connectivity index (χ4n) is 3.36. The van der Waals surface area contributed by atoms with Crippen molar-refractivity contribution in [1.82, 2.24) is 15.1 Å². The lowest BCUT2D eigenvalue weighted by Gasteiger charge is -2.10. The van der Waals surface area contributed by atoms with Gasteiger partial charge in [-0.1, -0.05) is 35.5 Å². The molecule has 0 saturated carbocycles. The molecule has 0 fully saturated rings. The molecule has 3 heterocycles. The fourth-order valence-corrected chi connectivity index (χ4v) is 3.36. The molecule has 0 amide bonds. The van der Waals surface area contributed by atoms with Crippen molar-refractivity contribution in [3.8, 4) is 22.8 Å². The third-order valence-electron chi connectivity index (χ3n) is 4.89. The number of nitrogens with one attached hydrogen (secondary N) is 1. The van der Waals surface area contributed by atoms with E-state index in [1.807, 2.05) is 55.5 Å². The van der Waals surface area contributed by atoms with Gasteiger partial charge in [-0.05, 0) is 55.8 Å². The summed E-state index contributed by atoms with van der Waals surface area (Å²) in [5.74, 6) is 3.36. The molecule has 0 radical (unpaired) electrons. The number of rotatable bonds is 5. The SMILES string of the molecule is Cc1ccc2cc(-c3noc(-c4ccccc4)n3)c(NCc3ccc(C)o3)nc2c1. The molecule has 148 valence electrons. The lowest BCUT2D eigenvalue weighted by Crippen LogP contribution is -2.03. The molecule has 1 N–H and O–H groups in total. The van der Waals surface area contributed by atoms with E-state index >= 15 is 0 Å². The van der Waals surface area contributed by atoms with Crippen LogP contribution in [0.2, 0.25) is 0 Å². The van der Waals surface area contributed by atoms with Gasteiger partial charge >= 0.3 is 0 Å². The van der Waals surface area contributed by atoms with E-state index in [9.17, 15) is 0 Å². The first-order valence-electron chi connectivity index (χ1n) is 9.76. The number of aryl methyl sites for hydroxylation is 2. The van der Waals surface area contributed by atoms with Crippen LogP contribution in [0.4, 0.5) is 5.82 Å². The molecule has 0 aliphatic carbocycles. The van der Waals surface area contributed by atoms with Crippen LogP contribution < -0.4 is 5.32 Å². The second-order valence-corrected chi connectivity index (χ2v) is 7.24. The minimum Gasteiger partial charge on any atom is -0.465 e. The monoisotopic (exact) mass is 396 g/mol. The van der Waals surface area contributed by atoms with Gasteiger partial charge in [0.05, 0.1) is 17.6 Å². The first-order valence-corrected chi connectivity index (χ1v) is 9.76. The molecule has 6 heteroatoms. The maximum absolute atomic E-state index is 5.68. The Morgan fingerprint density at radius 2 is 1.77 bits per heavy atom. The van der Waals surface area contributed by atoms with E-state index in [1.54, 1.807) is 0 Å². The van der Waals surface area contributed by atoms with Crippen LogP contribution in [-0.2, 0) is 6.54 Å². The summed E-state index contributed by atoms with van der Waals surface area (Å²) in [7, 11) is 0. The molecular formula is C24H20N4O2. The van der Waals surface area contributed by atoms with Gasteiger partial charge in [0.1, 0.15) is 17.3 Å². The molecule has 0 bridgehead atoms. The maximum atomic E-state index is 5.68. The molecule has 0 aliphatic heterocycles. The van der Waals surface area contributed by atoms with Gasteiger partial charge in [0, 0.05) is 10.9 Å². The fraction of sp³-hybridized carbons (Fsp3) is 0.125. The van der Waals surface area contributed by atoms with E-state index in [2.05, 4.69) is 40.6 Å². The third kappa shape index (κ3) is 3.55. The van der Waals surface area contributed by atoms with Crippen molar-refractivity contribution >= 4 is 16.7 Å². The van der Waals surface area contributed by atoms with Gasteiger partial charge in [-0.15, -0.1) is 0 Å². The Morgan fingerprint density at radius 1 is 0.900 bits per heavy atom. The lowest BCUT2D eigenvalue weighted by atomic mass is 10.1. The maximum Gasteiger partial charge on any atom is 0.258 e. The molecule has 5 aromatic rings. The number of furan rings is 1. The largest absolute Gasteiger partial charge is 0.465 e. The molecular weight excluding hydrogens is 376 g/mol. The predicted molar refractivity (Wildman–Crippen MR) is 116 cm³/mol.